The third-order valence-corrected chi connectivity index (χ3v) is 6.18. The number of pyridine rings is 1. The molecule has 0 radical (unpaired) electrons. The number of amides is 1. The van der Waals surface area contributed by atoms with Crippen LogP contribution in [0.25, 0.3) is 0 Å². The van der Waals surface area contributed by atoms with Gasteiger partial charge in [0.25, 0.3) is 0 Å². The standard InChI is InChI=1S/C24H32N4O2/c25-24(29)19-7-11-23(27-17-19)30-20-8-9-21-18(16-20)6-10-22(21)26-12-5-15-28-13-3-1-2-4-14-28/h7-9,11,16-17,22,26H,1-6,10,12-15H2,(H2,25,29). The normalized spacial score (nSPS) is 19.3. The number of carbonyl (C=O) groups excluding carboxylic acids is 1. The molecule has 6 heteroatoms. The topological polar surface area (TPSA) is 80.5 Å². The Bertz CT molecular complexity index is 845. The van der Waals surface area contributed by atoms with Gasteiger partial charge in [-0.05, 0) is 87.6 Å². The van der Waals surface area contributed by atoms with Gasteiger partial charge >= 0.3 is 0 Å². The largest absolute Gasteiger partial charge is 0.439 e. The van der Waals surface area contributed by atoms with Crippen LogP contribution in [-0.2, 0) is 6.42 Å². The lowest BCUT2D eigenvalue weighted by atomic mass is 10.1. The number of fused-ring (bicyclic) bond motifs is 1. The molecule has 4 rings (SSSR count). The van der Waals surface area contributed by atoms with Gasteiger partial charge in [0.1, 0.15) is 5.75 Å². The monoisotopic (exact) mass is 408 g/mol. The highest BCUT2D eigenvalue weighted by Crippen LogP contribution is 2.34. The lowest BCUT2D eigenvalue weighted by Gasteiger charge is -2.20. The first-order valence-corrected chi connectivity index (χ1v) is 11.2. The molecule has 1 aliphatic heterocycles. The first-order chi connectivity index (χ1) is 14.7. The summed E-state index contributed by atoms with van der Waals surface area (Å²) in [5.41, 5.74) is 8.35. The van der Waals surface area contributed by atoms with Gasteiger partial charge in [0, 0.05) is 18.3 Å². The van der Waals surface area contributed by atoms with Crippen molar-refractivity contribution in [2.75, 3.05) is 26.2 Å². The van der Waals surface area contributed by atoms with Crippen molar-refractivity contribution in [1.82, 2.24) is 15.2 Å². The van der Waals surface area contributed by atoms with Crippen molar-refractivity contribution in [1.29, 1.82) is 0 Å². The zero-order valence-corrected chi connectivity index (χ0v) is 17.6. The maximum Gasteiger partial charge on any atom is 0.250 e. The summed E-state index contributed by atoms with van der Waals surface area (Å²) in [6.45, 7) is 4.82. The number of likely N-dealkylation sites (tertiary alicyclic amines) is 1. The molecule has 1 atom stereocenters. The highest BCUT2D eigenvalue weighted by Gasteiger charge is 2.22. The van der Waals surface area contributed by atoms with E-state index in [4.69, 9.17) is 10.5 Å². The van der Waals surface area contributed by atoms with E-state index in [2.05, 4.69) is 27.3 Å². The van der Waals surface area contributed by atoms with Crippen LogP contribution in [0, 0.1) is 0 Å². The number of hydrogen-bond acceptors (Lipinski definition) is 5. The van der Waals surface area contributed by atoms with Gasteiger partial charge in [0.2, 0.25) is 11.8 Å². The number of hydrogen-bond donors (Lipinski definition) is 2. The number of aromatic nitrogens is 1. The number of nitrogens with zero attached hydrogens (tertiary/aromatic N) is 2. The molecule has 1 fully saturated rings. The smallest absolute Gasteiger partial charge is 0.250 e. The summed E-state index contributed by atoms with van der Waals surface area (Å²) in [4.78, 5) is 17.9. The van der Waals surface area contributed by atoms with Gasteiger partial charge in [-0.3, -0.25) is 4.79 Å². The van der Waals surface area contributed by atoms with Crippen LogP contribution in [0.1, 0.15) is 66.1 Å². The van der Waals surface area contributed by atoms with Crippen LogP contribution in [0.5, 0.6) is 11.6 Å². The molecule has 6 nitrogen and oxygen atoms in total. The van der Waals surface area contributed by atoms with Crippen LogP contribution in [0.3, 0.4) is 0 Å². The fourth-order valence-electron chi connectivity index (χ4n) is 4.52. The average molecular weight is 409 g/mol. The first-order valence-electron chi connectivity index (χ1n) is 11.2. The zero-order valence-electron chi connectivity index (χ0n) is 17.6. The molecule has 1 aliphatic carbocycles. The van der Waals surface area contributed by atoms with E-state index in [1.165, 1.54) is 69.1 Å². The lowest BCUT2D eigenvalue weighted by Crippen LogP contribution is -2.29. The van der Waals surface area contributed by atoms with Gasteiger partial charge in [-0.1, -0.05) is 18.9 Å². The van der Waals surface area contributed by atoms with Gasteiger partial charge in [0.15, 0.2) is 0 Å². The molecule has 1 aromatic heterocycles. The van der Waals surface area contributed by atoms with Crippen LogP contribution in [-0.4, -0.2) is 42.0 Å². The molecule has 2 heterocycles. The molecule has 1 saturated heterocycles. The molecule has 2 aromatic rings. The van der Waals surface area contributed by atoms with Gasteiger partial charge in [-0.2, -0.15) is 0 Å². The fourth-order valence-corrected chi connectivity index (χ4v) is 4.52. The number of benzene rings is 1. The van der Waals surface area contributed by atoms with Crippen LogP contribution in [0.15, 0.2) is 36.5 Å². The van der Waals surface area contributed by atoms with Crippen LogP contribution in [0.4, 0.5) is 0 Å². The Morgan fingerprint density at radius 1 is 1.17 bits per heavy atom. The maximum absolute atomic E-state index is 11.2. The third kappa shape index (κ3) is 5.37. The molecule has 1 amide bonds. The summed E-state index contributed by atoms with van der Waals surface area (Å²) >= 11 is 0. The van der Waals surface area contributed by atoms with E-state index in [9.17, 15) is 4.79 Å². The van der Waals surface area contributed by atoms with Gasteiger partial charge in [-0.15, -0.1) is 0 Å². The van der Waals surface area contributed by atoms with E-state index in [-0.39, 0.29) is 0 Å². The second-order valence-corrected chi connectivity index (χ2v) is 8.37. The average Bonchev–Trinajstić information content (AvgIpc) is 2.96. The number of primary amides is 1. The van der Waals surface area contributed by atoms with Gasteiger partial charge in [0.05, 0.1) is 5.56 Å². The van der Waals surface area contributed by atoms with Crippen LogP contribution in [0.2, 0.25) is 0 Å². The van der Waals surface area contributed by atoms with E-state index < -0.39 is 5.91 Å². The minimum absolute atomic E-state index is 0.376. The van der Waals surface area contributed by atoms with Crippen molar-refractivity contribution >= 4 is 5.91 Å². The van der Waals surface area contributed by atoms with E-state index >= 15 is 0 Å². The number of nitrogens with one attached hydrogen (secondary N) is 1. The van der Waals surface area contributed by atoms with Crippen molar-refractivity contribution in [3.8, 4) is 11.6 Å². The number of carbonyl (C=O) groups is 1. The van der Waals surface area contributed by atoms with Crippen molar-refractivity contribution in [3.63, 3.8) is 0 Å². The summed E-state index contributed by atoms with van der Waals surface area (Å²) < 4.78 is 5.86. The quantitative estimate of drug-likeness (QED) is 0.649. The molecular weight excluding hydrogens is 376 g/mol. The Kier molecular flexibility index (Phi) is 6.97. The number of rotatable bonds is 8. The molecule has 2 aliphatic rings. The summed E-state index contributed by atoms with van der Waals surface area (Å²) in [6.07, 6.45) is 10.4. The zero-order chi connectivity index (χ0) is 20.8. The van der Waals surface area contributed by atoms with E-state index in [1.54, 1.807) is 12.1 Å². The van der Waals surface area contributed by atoms with Crippen molar-refractivity contribution in [3.05, 3.63) is 53.2 Å². The molecule has 0 spiro atoms. The van der Waals surface area contributed by atoms with Crippen LogP contribution < -0.4 is 15.8 Å². The number of aryl methyl sites for hydroxylation is 1. The molecule has 0 bridgehead atoms. The lowest BCUT2D eigenvalue weighted by molar-refractivity contribution is 0.1000. The Hall–Kier alpha value is -2.44. The Labute approximate surface area is 178 Å². The second-order valence-electron chi connectivity index (χ2n) is 8.37. The number of nitrogens with two attached hydrogens (primary N) is 1. The predicted octanol–water partition coefficient (Wildman–Crippen LogP) is 3.82. The van der Waals surface area contributed by atoms with Crippen LogP contribution >= 0.6 is 0 Å². The van der Waals surface area contributed by atoms with Crippen molar-refractivity contribution in [2.45, 2.75) is 51.0 Å². The number of ether oxygens (including phenoxy) is 1. The van der Waals surface area contributed by atoms with Gasteiger partial charge in [-0.25, -0.2) is 4.98 Å². The SMILES string of the molecule is NC(=O)c1ccc(Oc2ccc3c(c2)CCC3NCCCN2CCCCCC2)nc1. The summed E-state index contributed by atoms with van der Waals surface area (Å²) in [5, 5.41) is 3.76. The highest BCUT2D eigenvalue weighted by atomic mass is 16.5. The summed E-state index contributed by atoms with van der Waals surface area (Å²) in [5.74, 6) is 0.743. The van der Waals surface area contributed by atoms with Crippen molar-refractivity contribution in [2.24, 2.45) is 5.73 Å². The maximum atomic E-state index is 11.2. The Balaban J connectivity index is 1.27. The van der Waals surface area contributed by atoms with E-state index in [0.29, 0.717) is 17.5 Å². The molecule has 3 N–H and O–H groups in total. The Morgan fingerprint density at radius 3 is 2.73 bits per heavy atom. The van der Waals surface area contributed by atoms with Crippen molar-refractivity contribution < 1.29 is 9.53 Å². The summed E-state index contributed by atoms with van der Waals surface area (Å²) in [7, 11) is 0. The fraction of sp³-hybridized carbons (Fsp3) is 0.500. The summed E-state index contributed by atoms with van der Waals surface area (Å²) in [6, 6.07) is 10.0. The molecule has 160 valence electrons. The minimum Gasteiger partial charge on any atom is -0.439 e. The van der Waals surface area contributed by atoms with E-state index in [0.717, 1.165) is 25.1 Å². The highest BCUT2D eigenvalue weighted by molar-refractivity contribution is 5.92. The molecule has 1 aromatic carbocycles. The van der Waals surface area contributed by atoms with Gasteiger partial charge < -0.3 is 20.7 Å². The molecule has 30 heavy (non-hydrogen) atoms. The third-order valence-electron chi connectivity index (χ3n) is 6.18. The molecular formula is C24H32N4O2. The Morgan fingerprint density at radius 2 is 2.00 bits per heavy atom. The molecule has 1 unspecified atom stereocenters. The van der Waals surface area contributed by atoms with E-state index in [1.807, 2.05) is 6.07 Å². The molecule has 0 saturated carbocycles. The minimum atomic E-state index is -0.489. The predicted molar refractivity (Wildman–Crippen MR) is 118 cm³/mol. The second kappa shape index (κ2) is 10.0. The first kappa shape index (κ1) is 20.8.